The van der Waals surface area contributed by atoms with Gasteiger partial charge in [0.05, 0.1) is 5.56 Å². The van der Waals surface area contributed by atoms with Gasteiger partial charge in [0, 0.05) is 12.4 Å². The molecule has 1 aliphatic heterocycles. The number of carbonyl (C=O) groups excluding carboxylic acids is 2. The molecular formula is C12H11NO7. The van der Waals surface area contributed by atoms with Gasteiger partial charge in [-0.15, -0.1) is 0 Å². The minimum absolute atomic E-state index is 0.186. The first-order valence-electron chi connectivity index (χ1n) is 5.59. The maximum absolute atomic E-state index is 11.6. The van der Waals surface area contributed by atoms with Crippen molar-refractivity contribution in [3.8, 4) is 0 Å². The number of nitrogens with zero attached hydrogens (tertiary/aromatic N) is 1. The molecule has 3 N–H and O–H groups in total. The van der Waals surface area contributed by atoms with Crippen molar-refractivity contribution in [1.82, 2.24) is 4.98 Å². The van der Waals surface area contributed by atoms with Gasteiger partial charge in [-0.25, -0.2) is 9.59 Å². The number of aromatic nitrogens is 1. The van der Waals surface area contributed by atoms with E-state index >= 15 is 0 Å². The predicted octanol–water partition coefficient (Wildman–Crippen LogP) is -0.148. The average molecular weight is 281 g/mol. The van der Waals surface area contributed by atoms with Gasteiger partial charge in [0.25, 0.3) is 0 Å². The zero-order valence-electron chi connectivity index (χ0n) is 10.1. The van der Waals surface area contributed by atoms with Gasteiger partial charge < -0.3 is 24.8 Å². The lowest BCUT2D eigenvalue weighted by molar-refractivity contribution is -0.147. The third-order valence-corrected chi connectivity index (χ3v) is 2.57. The third-order valence-electron chi connectivity index (χ3n) is 2.57. The van der Waals surface area contributed by atoms with E-state index in [1.807, 2.05) is 0 Å². The second kappa shape index (κ2) is 5.57. The van der Waals surface area contributed by atoms with Gasteiger partial charge >= 0.3 is 11.9 Å². The molecule has 0 saturated carbocycles. The molecule has 1 aromatic heterocycles. The summed E-state index contributed by atoms with van der Waals surface area (Å²) in [6.45, 7) is -0.525. The van der Waals surface area contributed by atoms with Crippen molar-refractivity contribution in [1.29, 1.82) is 0 Å². The van der Waals surface area contributed by atoms with Crippen LogP contribution in [0, 0.1) is 0 Å². The second-order valence-corrected chi connectivity index (χ2v) is 3.97. The Balaban J connectivity index is 1.92. The highest BCUT2D eigenvalue weighted by molar-refractivity contribution is 5.89. The normalized spacial score (nSPS) is 19.6. The van der Waals surface area contributed by atoms with Crippen LogP contribution in [0.1, 0.15) is 10.4 Å². The Kier molecular flexibility index (Phi) is 3.85. The smallest absolute Gasteiger partial charge is 0.377 e. The molecule has 0 aromatic carbocycles. The predicted molar refractivity (Wildman–Crippen MR) is 62.7 cm³/mol. The van der Waals surface area contributed by atoms with E-state index in [0.717, 1.165) is 0 Å². The number of pyridine rings is 1. The minimum atomic E-state index is -1.50. The Morgan fingerprint density at radius 1 is 1.50 bits per heavy atom. The molecule has 2 heterocycles. The van der Waals surface area contributed by atoms with E-state index in [1.165, 1.54) is 18.5 Å². The first-order valence-corrected chi connectivity index (χ1v) is 5.59. The number of aliphatic hydroxyl groups is 3. The maximum Gasteiger partial charge on any atom is 0.377 e. The Morgan fingerprint density at radius 3 is 2.80 bits per heavy atom. The third kappa shape index (κ3) is 2.69. The van der Waals surface area contributed by atoms with Crippen LogP contribution in [0.2, 0.25) is 0 Å². The van der Waals surface area contributed by atoms with Gasteiger partial charge in [0.2, 0.25) is 5.76 Å². The summed E-state index contributed by atoms with van der Waals surface area (Å²) in [5.41, 5.74) is 0.186. The number of ether oxygens (including phenoxy) is 2. The molecule has 0 amide bonds. The van der Waals surface area contributed by atoms with Crippen LogP contribution in [0.15, 0.2) is 36.0 Å². The summed E-state index contributed by atoms with van der Waals surface area (Å²) in [4.78, 5) is 26.2. The number of cyclic esters (lactones) is 1. The Morgan fingerprint density at radius 2 is 2.25 bits per heavy atom. The van der Waals surface area contributed by atoms with Gasteiger partial charge in [0.1, 0.15) is 12.7 Å². The fraction of sp³-hybridized carbons (Fsp3) is 0.250. The molecule has 106 valence electrons. The van der Waals surface area contributed by atoms with Gasteiger partial charge in [-0.1, -0.05) is 0 Å². The molecule has 0 fully saturated rings. The van der Waals surface area contributed by atoms with E-state index in [9.17, 15) is 19.8 Å². The number of esters is 2. The molecule has 8 heteroatoms. The minimum Gasteiger partial charge on any atom is -0.505 e. The molecule has 0 radical (unpaired) electrons. The molecule has 20 heavy (non-hydrogen) atoms. The zero-order valence-corrected chi connectivity index (χ0v) is 10.1. The van der Waals surface area contributed by atoms with Crippen molar-refractivity contribution in [3.63, 3.8) is 0 Å². The van der Waals surface area contributed by atoms with Crippen LogP contribution in [0.5, 0.6) is 0 Å². The van der Waals surface area contributed by atoms with Crippen LogP contribution >= 0.6 is 0 Å². The lowest BCUT2D eigenvalue weighted by atomic mass is 10.2. The van der Waals surface area contributed by atoms with Crippen LogP contribution in [0.4, 0.5) is 0 Å². The number of hydrogen-bond donors (Lipinski definition) is 3. The van der Waals surface area contributed by atoms with E-state index in [-0.39, 0.29) is 5.56 Å². The zero-order chi connectivity index (χ0) is 14.7. The van der Waals surface area contributed by atoms with E-state index < -0.39 is 42.3 Å². The van der Waals surface area contributed by atoms with Crippen LogP contribution in [-0.2, 0) is 14.3 Å². The van der Waals surface area contributed by atoms with Crippen LogP contribution < -0.4 is 0 Å². The standard InChI is InChI=1S/C12H11NO7/c14-7(10-8(15)9(16)12(18)20-10)5-19-11(17)6-2-1-3-13-4-6/h1-4,7,10,14-16H,5H2/t7?,10-/m1/s1. The van der Waals surface area contributed by atoms with Crippen molar-refractivity contribution in [2.45, 2.75) is 12.2 Å². The maximum atomic E-state index is 11.6. The molecule has 0 aliphatic carbocycles. The molecule has 0 bridgehead atoms. The highest BCUT2D eigenvalue weighted by Gasteiger charge is 2.39. The second-order valence-electron chi connectivity index (χ2n) is 3.97. The summed E-state index contributed by atoms with van der Waals surface area (Å²) in [6, 6.07) is 3.01. The fourth-order valence-corrected chi connectivity index (χ4v) is 1.54. The first-order chi connectivity index (χ1) is 9.50. The Bertz CT molecular complexity index is 554. The molecule has 1 unspecified atom stereocenters. The first kappa shape index (κ1) is 13.8. The van der Waals surface area contributed by atoms with Crippen molar-refractivity contribution < 1.29 is 34.4 Å². The van der Waals surface area contributed by atoms with E-state index in [1.54, 1.807) is 6.07 Å². The van der Waals surface area contributed by atoms with Crippen LogP contribution in [0.3, 0.4) is 0 Å². The Labute approximate surface area is 112 Å². The van der Waals surface area contributed by atoms with Crippen molar-refractivity contribution >= 4 is 11.9 Å². The molecule has 2 rings (SSSR count). The largest absolute Gasteiger partial charge is 0.505 e. The monoisotopic (exact) mass is 281 g/mol. The van der Waals surface area contributed by atoms with E-state index in [0.29, 0.717) is 0 Å². The van der Waals surface area contributed by atoms with Gasteiger partial charge in [0.15, 0.2) is 11.9 Å². The fourth-order valence-electron chi connectivity index (χ4n) is 1.54. The topological polar surface area (TPSA) is 126 Å². The van der Waals surface area contributed by atoms with Crippen LogP contribution in [0.25, 0.3) is 0 Å². The van der Waals surface area contributed by atoms with Crippen LogP contribution in [-0.4, -0.2) is 51.1 Å². The number of rotatable bonds is 4. The summed E-state index contributed by atoms with van der Waals surface area (Å²) in [6.07, 6.45) is -0.184. The lowest BCUT2D eigenvalue weighted by Gasteiger charge is -2.17. The highest BCUT2D eigenvalue weighted by Crippen LogP contribution is 2.21. The van der Waals surface area contributed by atoms with E-state index in [4.69, 9.17) is 9.84 Å². The molecule has 1 aromatic rings. The van der Waals surface area contributed by atoms with Gasteiger partial charge in [-0.05, 0) is 12.1 Å². The van der Waals surface area contributed by atoms with Crippen molar-refractivity contribution in [3.05, 3.63) is 41.6 Å². The van der Waals surface area contributed by atoms with Crippen molar-refractivity contribution in [2.75, 3.05) is 6.61 Å². The molecular weight excluding hydrogens is 270 g/mol. The number of aliphatic hydroxyl groups excluding tert-OH is 3. The summed E-state index contributed by atoms with van der Waals surface area (Å²) in [7, 11) is 0. The van der Waals surface area contributed by atoms with E-state index in [2.05, 4.69) is 9.72 Å². The summed E-state index contributed by atoms with van der Waals surface area (Å²) in [5, 5.41) is 28.1. The molecule has 0 spiro atoms. The quantitative estimate of drug-likeness (QED) is 0.650. The van der Waals surface area contributed by atoms with Crippen molar-refractivity contribution in [2.24, 2.45) is 0 Å². The molecule has 0 saturated heterocycles. The molecule has 2 atom stereocenters. The Hall–Kier alpha value is -2.61. The summed E-state index contributed by atoms with van der Waals surface area (Å²) < 4.78 is 9.30. The highest BCUT2D eigenvalue weighted by atomic mass is 16.6. The summed E-state index contributed by atoms with van der Waals surface area (Å²) >= 11 is 0. The van der Waals surface area contributed by atoms with Gasteiger partial charge in [-0.2, -0.15) is 0 Å². The molecule has 1 aliphatic rings. The lowest BCUT2D eigenvalue weighted by Crippen LogP contribution is -2.33. The molecule has 8 nitrogen and oxygen atoms in total. The summed E-state index contributed by atoms with van der Waals surface area (Å²) in [5.74, 6) is -3.63. The van der Waals surface area contributed by atoms with Gasteiger partial charge in [-0.3, -0.25) is 4.98 Å². The average Bonchev–Trinajstić information content (AvgIpc) is 2.73. The number of hydrogen-bond acceptors (Lipinski definition) is 8. The number of carbonyl (C=O) groups is 2. The SMILES string of the molecule is O=C1O[C@H](C(O)COC(=O)c2cccnc2)C(O)=C1O.